The molecule has 3 heteroatoms. The van der Waals surface area contributed by atoms with Crippen LogP contribution in [0.15, 0.2) is 0 Å². The topological polar surface area (TPSA) is 46.2 Å². The molecule has 0 saturated heterocycles. The van der Waals surface area contributed by atoms with Crippen LogP contribution < -0.4 is 5.73 Å². The van der Waals surface area contributed by atoms with E-state index < -0.39 is 8.32 Å². The van der Waals surface area contributed by atoms with Gasteiger partial charge in [-0.2, -0.15) is 0 Å². The summed E-state index contributed by atoms with van der Waals surface area (Å²) in [5.74, 6) is 0. The van der Waals surface area contributed by atoms with Gasteiger partial charge in [0.15, 0.2) is 0 Å². The summed E-state index contributed by atoms with van der Waals surface area (Å²) in [5, 5.41) is 0. The summed E-state index contributed by atoms with van der Waals surface area (Å²) in [7, 11) is -2.00. The average Bonchev–Trinajstić information content (AvgIpc) is 1.86. The monoisotopic (exact) mass is 147 g/mol. The van der Waals surface area contributed by atoms with Crippen molar-refractivity contribution in [1.82, 2.24) is 0 Å². The van der Waals surface area contributed by atoms with Crippen LogP contribution in [0.1, 0.15) is 20.3 Å². The maximum Gasteiger partial charge on any atom is 0.201 e. The van der Waals surface area contributed by atoms with E-state index in [2.05, 4.69) is 0 Å². The number of nitrogens with two attached hydrogens (primary N) is 1. The molecule has 0 aliphatic carbocycles. The molecular formula is C6H17NOSi. The van der Waals surface area contributed by atoms with Crippen molar-refractivity contribution in [1.29, 1.82) is 0 Å². The lowest BCUT2D eigenvalue weighted by molar-refractivity contribution is 0.509. The second-order valence-electron chi connectivity index (χ2n) is 2.73. The molecular weight excluding hydrogens is 130 g/mol. The van der Waals surface area contributed by atoms with Crippen LogP contribution in [-0.2, 0) is 0 Å². The summed E-state index contributed by atoms with van der Waals surface area (Å²) in [6.45, 7) is 5.94. The van der Waals surface area contributed by atoms with Gasteiger partial charge < -0.3 is 10.5 Å². The first kappa shape index (κ1) is 9.14. The van der Waals surface area contributed by atoms with Gasteiger partial charge in [0.1, 0.15) is 0 Å². The van der Waals surface area contributed by atoms with E-state index in [9.17, 15) is 4.80 Å². The Morgan fingerprint density at radius 1 is 1.56 bits per heavy atom. The second-order valence-corrected chi connectivity index (χ2v) is 6.89. The van der Waals surface area contributed by atoms with Gasteiger partial charge >= 0.3 is 0 Å². The highest BCUT2D eigenvalue weighted by atomic mass is 28.4. The van der Waals surface area contributed by atoms with Gasteiger partial charge in [-0.1, -0.05) is 13.8 Å². The Hall–Kier alpha value is 0.137. The van der Waals surface area contributed by atoms with Gasteiger partial charge in [0.25, 0.3) is 0 Å². The molecule has 0 rings (SSSR count). The van der Waals surface area contributed by atoms with Gasteiger partial charge in [-0.25, -0.2) is 0 Å². The Balaban J connectivity index is 3.80. The summed E-state index contributed by atoms with van der Waals surface area (Å²) in [6, 6.07) is 0.863. The highest BCUT2D eigenvalue weighted by molar-refractivity contribution is 6.72. The molecule has 2 atom stereocenters. The van der Waals surface area contributed by atoms with Gasteiger partial charge in [0, 0.05) is 5.67 Å². The summed E-state index contributed by atoms with van der Waals surface area (Å²) < 4.78 is 0. The van der Waals surface area contributed by atoms with E-state index in [1.54, 1.807) is 0 Å². The Bertz CT molecular complexity index is 85.1. The van der Waals surface area contributed by atoms with Gasteiger partial charge in [-0.3, -0.25) is 0 Å². The molecule has 0 bridgehead atoms. The molecule has 0 aliphatic heterocycles. The normalized spacial score (nSPS) is 21.0. The van der Waals surface area contributed by atoms with Crippen LogP contribution in [0.25, 0.3) is 0 Å². The van der Waals surface area contributed by atoms with Crippen molar-refractivity contribution in [2.45, 2.75) is 38.5 Å². The summed E-state index contributed by atoms with van der Waals surface area (Å²) in [6.07, 6.45) is 0.896. The predicted molar refractivity (Wildman–Crippen MR) is 42.6 cm³/mol. The van der Waals surface area contributed by atoms with Crippen LogP contribution in [0, 0.1) is 0 Å². The third-order valence-corrected chi connectivity index (χ3v) is 5.39. The first-order valence-electron chi connectivity index (χ1n) is 3.52. The zero-order valence-corrected chi connectivity index (χ0v) is 7.52. The van der Waals surface area contributed by atoms with Crippen LogP contribution in [0.4, 0.5) is 0 Å². The van der Waals surface area contributed by atoms with E-state index in [0.717, 1.165) is 12.5 Å². The lowest BCUT2D eigenvalue weighted by Crippen LogP contribution is -2.49. The number of hydrogen-bond acceptors (Lipinski definition) is 2. The molecule has 3 N–H and O–H groups in total. The Kier molecular flexibility index (Phi) is 3.39. The molecule has 56 valence electrons. The zero-order valence-electron chi connectivity index (χ0n) is 6.52. The third-order valence-electron chi connectivity index (χ3n) is 1.95. The SMILES string of the molecule is CCC(N)[Si](C)(O)CC. The van der Waals surface area contributed by atoms with Crippen molar-refractivity contribution < 1.29 is 4.80 Å². The van der Waals surface area contributed by atoms with Crippen molar-refractivity contribution in [3.8, 4) is 0 Å². The smallest absolute Gasteiger partial charge is 0.201 e. The molecule has 0 amide bonds. The maximum absolute atomic E-state index is 9.61. The Labute approximate surface area is 58.2 Å². The third kappa shape index (κ3) is 2.47. The quantitative estimate of drug-likeness (QED) is 0.581. The van der Waals surface area contributed by atoms with Gasteiger partial charge in [0.2, 0.25) is 8.32 Å². The second kappa shape index (κ2) is 3.34. The minimum absolute atomic E-state index is 0.0579. The number of rotatable bonds is 3. The van der Waals surface area contributed by atoms with Crippen LogP contribution in [0.5, 0.6) is 0 Å². The molecule has 0 fully saturated rings. The molecule has 0 radical (unpaired) electrons. The van der Waals surface area contributed by atoms with E-state index in [1.807, 2.05) is 20.4 Å². The fourth-order valence-electron chi connectivity index (χ4n) is 0.702. The summed E-state index contributed by atoms with van der Waals surface area (Å²) in [5.41, 5.74) is 5.73. The minimum atomic E-state index is -2.00. The lowest BCUT2D eigenvalue weighted by Gasteiger charge is -2.24. The summed E-state index contributed by atoms with van der Waals surface area (Å²) >= 11 is 0. The fourth-order valence-corrected chi connectivity index (χ4v) is 2.11. The molecule has 2 unspecified atom stereocenters. The lowest BCUT2D eigenvalue weighted by atomic mass is 10.5. The van der Waals surface area contributed by atoms with Crippen LogP contribution in [0.3, 0.4) is 0 Å². The summed E-state index contributed by atoms with van der Waals surface area (Å²) in [4.78, 5) is 9.61. The Morgan fingerprint density at radius 2 is 2.00 bits per heavy atom. The maximum atomic E-state index is 9.61. The molecule has 2 nitrogen and oxygen atoms in total. The predicted octanol–water partition coefficient (Wildman–Crippen LogP) is 0.850. The van der Waals surface area contributed by atoms with Crippen LogP contribution >= 0.6 is 0 Å². The van der Waals surface area contributed by atoms with E-state index >= 15 is 0 Å². The zero-order chi connectivity index (χ0) is 7.49. The highest BCUT2D eigenvalue weighted by Gasteiger charge is 2.28. The molecule has 0 aliphatic rings. The largest absolute Gasteiger partial charge is 0.430 e. The van der Waals surface area contributed by atoms with Crippen molar-refractivity contribution in [3.05, 3.63) is 0 Å². The fraction of sp³-hybridized carbons (Fsp3) is 1.00. The minimum Gasteiger partial charge on any atom is -0.430 e. The van der Waals surface area contributed by atoms with E-state index in [4.69, 9.17) is 5.73 Å². The Morgan fingerprint density at radius 3 is 2.11 bits per heavy atom. The average molecular weight is 147 g/mol. The van der Waals surface area contributed by atoms with Crippen molar-refractivity contribution in [2.24, 2.45) is 5.73 Å². The van der Waals surface area contributed by atoms with Gasteiger partial charge in [-0.05, 0) is 19.0 Å². The molecule has 0 spiro atoms. The standard InChI is InChI=1S/C6H17NOSi/c1-4-6(7)9(3,8)5-2/h6,8H,4-5,7H2,1-3H3. The van der Waals surface area contributed by atoms with E-state index in [1.165, 1.54) is 0 Å². The van der Waals surface area contributed by atoms with Crippen molar-refractivity contribution in [3.63, 3.8) is 0 Å². The highest BCUT2D eigenvalue weighted by Crippen LogP contribution is 2.09. The van der Waals surface area contributed by atoms with E-state index in [-0.39, 0.29) is 5.67 Å². The van der Waals surface area contributed by atoms with Crippen LogP contribution in [-0.4, -0.2) is 18.8 Å². The van der Waals surface area contributed by atoms with Gasteiger partial charge in [-0.15, -0.1) is 0 Å². The van der Waals surface area contributed by atoms with Crippen molar-refractivity contribution >= 4 is 8.32 Å². The van der Waals surface area contributed by atoms with Crippen LogP contribution in [0.2, 0.25) is 12.6 Å². The molecule has 0 aromatic carbocycles. The molecule has 0 aromatic rings. The molecule has 0 heterocycles. The first-order valence-corrected chi connectivity index (χ1v) is 6.25. The molecule has 9 heavy (non-hydrogen) atoms. The number of hydrogen-bond donors (Lipinski definition) is 2. The van der Waals surface area contributed by atoms with Crippen molar-refractivity contribution in [2.75, 3.05) is 0 Å². The van der Waals surface area contributed by atoms with E-state index in [0.29, 0.717) is 0 Å². The molecule has 0 aromatic heterocycles. The first-order chi connectivity index (χ1) is 4.04. The molecule has 0 saturated carbocycles. The van der Waals surface area contributed by atoms with Gasteiger partial charge in [0.05, 0.1) is 0 Å².